The van der Waals surface area contributed by atoms with E-state index in [1.165, 1.54) is 37.8 Å². The predicted molar refractivity (Wildman–Crippen MR) is 138 cm³/mol. The second-order valence-electron chi connectivity index (χ2n) is 10.5. The molecular formula is C22H38S2Si3. The molecule has 0 atom stereocenters. The fraction of sp³-hybridized carbons (Fsp3) is 0.636. The molecule has 3 heterocycles. The molecule has 2 aromatic heterocycles. The molecule has 0 unspecified atom stereocenters. The highest BCUT2D eigenvalue weighted by molar-refractivity contribution is 7.38. The lowest BCUT2D eigenvalue weighted by Crippen LogP contribution is -2.55. The zero-order valence-electron chi connectivity index (χ0n) is 18.7. The van der Waals surface area contributed by atoms with Gasteiger partial charge in [0.15, 0.2) is 0 Å². The lowest BCUT2D eigenvalue weighted by atomic mass is 10.4. The van der Waals surface area contributed by atoms with Gasteiger partial charge in [-0.1, -0.05) is 90.9 Å². The van der Waals surface area contributed by atoms with Gasteiger partial charge in [0.05, 0.1) is 16.1 Å². The van der Waals surface area contributed by atoms with E-state index in [4.69, 9.17) is 0 Å². The van der Waals surface area contributed by atoms with Crippen molar-refractivity contribution in [1.29, 1.82) is 0 Å². The van der Waals surface area contributed by atoms with Gasteiger partial charge in [0.1, 0.15) is 8.07 Å². The molecule has 27 heavy (non-hydrogen) atoms. The summed E-state index contributed by atoms with van der Waals surface area (Å²) >= 11 is 4.37. The third-order valence-electron chi connectivity index (χ3n) is 6.09. The molecule has 0 amide bonds. The van der Waals surface area contributed by atoms with Crippen molar-refractivity contribution in [3.63, 3.8) is 0 Å². The molecule has 0 saturated carbocycles. The SMILES string of the molecule is CCCC[Si]1(CCCC)c2cc([Si](C)(C)C)sc2-c2sc([Si](C)(C)C)cc21. The Balaban J connectivity index is 2.23. The van der Waals surface area contributed by atoms with Crippen LogP contribution in [0.1, 0.15) is 39.5 Å². The maximum Gasteiger partial charge on any atom is 0.122 e. The Morgan fingerprint density at radius 3 is 1.37 bits per heavy atom. The van der Waals surface area contributed by atoms with Crippen molar-refractivity contribution in [2.24, 2.45) is 0 Å². The summed E-state index contributed by atoms with van der Waals surface area (Å²) in [4.78, 5) is 3.44. The summed E-state index contributed by atoms with van der Waals surface area (Å²) in [5, 5.41) is 3.71. The summed E-state index contributed by atoms with van der Waals surface area (Å²) in [5.74, 6) is 0. The van der Waals surface area contributed by atoms with E-state index in [9.17, 15) is 0 Å². The van der Waals surface area contributed by atoms with Gasteiger partial charge in [-0.15, -0.1) is 22.7 Å². The van der Waals surface area contributed by atoms with Crippen molar-refractivity contribution >= 4 is 66.3 Å². The highest BCUT2D eigenvalue weighted by Gasteiger charge is 2.48. The largest absolute Gasteiger partial charge is 0.144 e. The lowest BCUT2D eigenvalue weighted by Gasteiger charge is -2.29. The van der Waals surface area contributed by atoms with Crippen LogP contribution in [0.2, 0.25) is 51.4 Å². The van der Waals surface area contributed by atoms with Crippen molar-refractivity contribution in [2.45, 2.75) is 90.9 Å². The highest BCUT2D eigenvalue weighted by Crippen LogP contribution is 2.40. The number of rotatable bonds is 8. The average molecular weight is 451 g/mol. The van der Waals surface area contributed by atoms with Crippen LogP contribution in [0.15, 0.2) is 12.1 Å². The van der Waals surface area contributed by atoms with Crippen LogP contribution in [0.4, 0.5) is 0 Å². The minimum Gasteiger partial charge on any atom is -0.144 e. The van der Waals surface area contributed by atoms with Crippen LogP contribution in [0.3, 0.4) is 0 Å². The molecule has 0 aromatic carbocycles. The van der Waals surface area contributed by atoms with Gasteiger partial charge in [0, 0.05) is 9.75 Å². The molecule has 2 aromatic rings. The third kappa shape index (κ3) is 3.91. The van der Waals surface area contributed by atoms with E-state index in [1.807, 2.05) is 10.4 Å². The molecule has 0 bridgehead atoms. The van der Waals surface area contributed by atoms with Crippen molar-refractivity contribution in [3.05, 3.63) is 12.1 Å². The van der Waals surface area contributed by atoms with E-state index in [-0.39, 0.29) is 0 Å². The van der Waals surface area contributed by atoms with Crippen LogP contribution >= 0.6 is 22.7 Å². The Labute approximate surface area is 178 Å². The topological polar surface area (TPSA) is 0 Å². The molecule has 5 heteroatoms. The van der Waals surface area contributed by atoms with Crippen molar-refractivity contribution < 1.29 is 0 Å². The van der Waals surface area contributed by atoms with Gasteiger partial charge >= 0.3 is 0 Å². The Morgan fingerprint density at radius 1 is 0.704 bits per heavy atom. The predicted octanol–water partition coefficient (Wildman–Crippen LogP) is 6.04. The summed E-state index contributed by atoms with van der Waals surface area (Å²) < 4.78 is 3.48. The summed E-state index contributed by atoms with van der Waals surface area (Å²) in [6.07, 6.45) is 5.49. The second kappa shape index (κ2) is 7.71. The zero-order valence-corrected chi connectivity index (χ0v) is 23.3. The van der Waals surface area contributed by atoms with Crippen LogP contribution in [0, 0.1) is 0 Å². The van der Waals surface area contributed by atoms with Crippen LogP contribution in [0.25, 0.3) is 9.75 Å². The van der Waals surface area contributed by atoms with E-state index in [2.05, 4.69) is 87.9 Å². The number of thiophene rings is 2. The van der Waals surface area contributed by atoms with Gasteiger partial charge in [-0.25, -0.2) is 0 Å². The Hall–Kier alpha value is 0.0506. The van der Waals surface area contributed by atoms with Crippen LogP contribution < -0.4 is 19.4 Å². The van der Waals surface area contributed by atoms with Gasteiger partial charge in [-0.3, -0.25) is 0 Å². The molecule has 0 saturated heterocycles. The van der Waals surface area contributed by atoms with Gasteiger partial charge in [0.25, 0.3) is 0 Å². The smallest absolute Gasteiger partial charge is 0.122 e. The van der Waals surface area contributed by atoms with E-state index in [0.29, 0.717) is 0 Å². The normalized spacial score (nSPS) is 15.9. The molecule has 1 aliphatic rings. The van der Waals surface area contributed by atoms with Gasteiger partial charge in [-0.2, -0.15) is 0 Å². The third-order valence-corrected chi connectivity index (χ3v) is 21.3. The highest BCUT2D eigenvalue weighted by atomic mass is 32.1. The first-order valence-corrected chi connectivity index (χ1v) is 21.9. The monoisotopic (exact) mass is 450 g/mol. The van der Waals surface area contributed by atoms with Gasteiger partial charge < -0.3 is 0 Å². The van der Waals surface area contributed by atoms with E-state index in [1.54, 1.807) is 18.8 Å². The molecular weight excluding hydrogens is 413 g/mol. The standard InChI is InChI=1S/C22H38S2Si3/c1-9-11-13-27(14-12-10-2)17-15-19(25(3,4)5)23-21(17)22-18(27)16-20(24-22)26(6,7)8/h15-16H,9-14H2,1-8H3. The first-order valence-electron chi connectivity index (χ1n) is 10.8. The number of unbranched alkanes of at least 4 members (excludes halogenated alkanes) is 2. The maximum absolute atomic E-state index is 2.73. The van der Waals surface area contributed by atoms with E-state index >= 15 is 0 Å². The fourth-order valence-electron chi connectivity index (χ4n) is 4.34. The summed E-state index contributed by atoms with van der Waals surface area (Å²) in [7, 11) is -4.06. The molecule has 0 N–H and O–H groups in total. The maximum atomic E-state index is 2.73. The summed E-state index contributed by atoms with van der Waals surface area (Å²) in [5.41, 5.74) is 0. The molecule has 150 valence electrons. The molecule has 1 aliphatic heterocycles. The van der Waals surface area contributed by atoms with Crippen LogP contribution in [0.5, 0.6) is 0 Å². The minimum atomic E-state index is -1.57. The van der Waals surface area contributed by atoms with Gasteiger partial charge in [-0.05, 0) is 31.5 Å². The molecule has 0 fully saturated rings. The Kier molecular flexibility index (Phi) is 6.21. The molecule has 0 nitrogen and oxygen atoms in total. The first kappa shape index (κ1) is 21.8. The first-order chi connectivity index (χ1) is 12.5. The quantitative estimate of drug-likeness (QED) is 0.430. The van der Waals surface area contributed by atoms with Crippen LogP contribution in [-0.4, -0.2) is 24.2 Å². The summed E-state index contributed by atoms with van der Waals surface area (Å²) in [6.45, 7) is 19.9. The molecule has 0 spiro atoms. The molecule has 0 aliphatic carbocycles. The lowest BCUT2D eigenvalue weighted by molar-refractivity contribution is 0.839. The number of hydrogen-bond donors (Lipinski definition) is 0. The Morgan fingerprint density at radius 2 is 1.07 bits per heavy atom. The number of hydrogen-bond acceptors (Lipinski definition) is 2. The fourth-order valence-corrected chi connectivity index (χ4v) is 18.0. The van der Waals surface area contributed by atoms with Crippen LogP contribution in [-0.2, 0) is 0 Å². The number of fused-ring (bicyclic) bond motifs is 3. The van der Waals surface area contributed by atoms with Crippen molar-refractivity contribution in [1.82, 2.24) is 0 Å². The van der Waals surface area contributed by atoms with E-state index in [0.717, 1.165) is 0 Å². The average Bonchev–Trinajstić information content (AvgIpc) is 3.22. The van der Waals surface area contributed by atoms with Crippen molar-refractivity contribution in [2.75, 3.05) is 0 Å². The minimum absolute atomic E-state index is 1.25. The van der Waals surface area contributed by atoms with Crippen molar-refractivity contribution in [3.8, 4) is 9.75 Å². The second-order valence-corrected chi connectivity index (χ2v) is 27.6. The molecule has 3 rings (SSSR count). The molecule has 0 radical (unpaired) electrons. The summed E-state index contributed by atoms with van der Waals surface area (Å²) in [6, 6.07) is 8.41. The van der Waals surface area contributed by atoms with Gasteiger partial charge in [0.2, 0.25) is 0 Å². The Bertz CT molecular complexity index is 734. The zero-order chi connectivity index (χ0) is 20.0. The van der Waals surface area contributed by atoms with E-state index < -0.39 is 24.2 Å².